The highest BCUT2D eigenvalue weighted by Gasteiger charge is 2.37. The maximum atomic E-state index is 12.5. The number of carbonyl (C=O) groups excluding carboxylic acids is 1. The Morgan fingerprint density at radius 3 is 2.38 bits per heavy atom. The van der Waals surface area contributed by atoms with Crippen LogP contribution in [0.5, 0.6) is 11.5 Å². The van der Waals surface area contributed by atoms with Crippen molar-refractivity contribution in [1.82, 2.24) is 4.90 Å². The van der Waals surface area contributed by atoms with Crippen LogP contribution in [0.25, 0.3) is 0 Å². The number of anilines is 1. The number of halogens is 1. The summed E-state index contributed by atoms with van der Waals surface area (Å²) >= 11 is 3.60. The largest absolute Gasteiger partial charge is 0.493 e. The summed E-state index contributed by atoms with van der Waals surface area (Å²) in [4.78, 5) is 14.6. The van der Waals surface area contributed by atoms with Gasteiger partial charge in [-0.15, -0.1) is 0 Å². The van der Waals surface area contributed by atoms with E-state index >= 15 is 0 Å². The van der Waals surface area contributed by atoms with Gasteiger partial charge in [0.05, 0.1) is 33.9 Å². The summed E-state index contributed by atoms with van der Waals surface area (Å²) < 4.78 is 17.0. The van der Waals surface area contributed by atoms with Crippen LogP contribution in [-0.4, -0.2) is 38.7 Å². The third kappa shape index (κ3) is 4.31. The number of benzene rings is 3. The van der Waals surface area contributed by atoms with Crippen LogP contribution < -0.4 is 14.8 Å². The topological polar surface area (TPSA) is 60.0 Å². The molecule has 0 saturated carbocycles. The predicted molar refractivity (Wildman–Crippen MR) is 127 cm³/mol. The first-order valence-electron chi connectivity index (χ1n) is 10.2. The molecule has 3 aromatic carbocycles. The number of nitrogens with one attached hydrogen (secondary N) is 1. The van der Waals surface area contributed by atoms with Gasteiger partial charge in [0.1, 0.15) is 6.17 Å². The van der Waals surface area contributed by atoms with Gasteiger partial charge in [0.15, 0.2) is 11.5 Å². The van der Waals surface area contributed by atoms with E-state index in [2.05, 4.69) is 50.4 Å². The quantitative estimate of drug-likeness (QED) is 0.476. The van der Waals surface area contributed by atoms with Crippen molar-refractivity contribution in [2.45, 2.75) is 12.2 Å². The summed E-state index contributed by atoms with van der Waals surface area (Å²) in [6.07, 6.45) is -0.298. The third-order valence-electron chi connectivity index (χ3n) is 5.64. The van der Waals surface area contributed by atoms with Gasteiger partial charge in [0, 0.05) is 10.2 Å². The van der Waals surface area contributed by atoms with Crippen molar-refractivity contribution in [3.8, 4) is 11.5 Å². The van der Waals surface area contributed by atoms with Gasteiger partial charge in [0.2, 0.25) is 0 Å². The summed E-state index contributed by atoms with van der Waals surface area (Å²) in [5.74, 6) is 0.967. The molecule has 7 heteroatoms. The zero-order valence-corrected chi connectivity index (χ0v) is 19.8. The number of ether oxygens (including phenoxy) is 3. The van der Waals surface area contributed by atoms with E-state index in [1.165, 1.54) is 7.11 Å². The number of rotatable bonds is 6. The number of hydrogen-bond acceptors (Lipinski definition) is 6. The van der Waals surface area contributed by atoms with Crippen molar-refractivity contribution in [3.05, 3.63) is 87.9 Å². The number of carbonyl (C=O) groups is 1. The lowest BCUT2D eigenvalue weighted by atomic mass is 9.91. The van der Waals surface area contributed by atoms with E-state index in [9.17, 15) is 4.79 Å². The Morgan fingerprint density at radius 2 is 1.69 bits per heavy atom. The summed E-state index contributed by atoms with van der Waals surface area (Å²) in [7, 11) is 4.63. The van der Waals surface area contributed by atoms with Crippen LogP contribution in [0, 0.1) is 0 Å². The molecule has 0 fully saturated rings. The van der Waals surface area contributed by atoms with Crippen LogP contribution in [-0.2, 0) is 9.53 Å². The van der Waals surface area contributed by atoms with E-state index in [0.29, 0.717) is 11.5 Å². The van der Waals surface area contributed by atoms with Crippen molar-refractivity contribution in [2.75, 3.05) is 33.2 Å². The lowest BCUT2D eigenvalue weighted by molar-refractivity contribution is -0.143. The zero-order valence-electron chi connectivity index (χ0n) is 18.2. The van der Waals surface area contributed by atoms with E-state index in [-0.39, 0.29) is 24.7 Å². The molecule has 0 radical (unpaired) electrons. The van der Waals surface area contributed by atoms with Crippen molar-refractivity contribution >= 4 is 27.6 Å². The standard InChI is InChI=1S/C25H25BrN2O4/c1-30-21-12-9-17(13-22(21)31-2)25-27-20-11-10-18(26)14-19(20)24(16-7-5-4-6-8-16)28(25)15-23(29)32-3/h4-14,24-25,27H,15H2,1-3H3. The first-order chi connectivity index (χ1) is 15.5. The van der Waals surface area contributed by atoms with Gasteiger partial charge in [-0.3, -0.25) is 9.69 Å². The fourth-order valence-corrected chi connectivity index (χ4v) is 4.53. The van der Waals surface area contributed by atoms with Gasteiger partial charge in [-0.2, -0.15) is 0 Å². The van der Waals surface area contributed by atoms with Gasteiger partial charge in [-0.05, 0) is 47.0 Å². The molecule has 1 heterocycles. The van der Waals surface area contributed by atoms with Crippen LogP contribution in [0.4, 0.5) is 5.69 Å². The molecule has 0 aromatic heterocycles. The average Bonchev–Trinajstić information content (AvgIpc) is 2.83. The molecule has 2 atom stereocenters. The van der Waals surface area contributed by atoms with E-state index in [4.69, 9.17) is 14.2 Å². The fourth-order valence-electron chi connectivity index (χ4n) is 4.15. The highest BCUT2D eigenvalue weighted by atomic mass is 79.9. The Labute approximate surface area is 196 Å². The minimum absolute atomic E-state index is 0.105. The van der Waals surface area contributed by atoms with Crippen molar-refractivity contribution in [3.63, 3.8) is 0 Å². The molecule has 166 valence electrons. The monoisotopic (exact) mass is 496 g/mol. The molecule has 0 spiro atoms. The second kappa shape index (κ2) is 9.63. The van der Waals surface area contributed by atoms with Gasteiger partial charge in [-0.1, -0.05) is 52.3 Å². The van der Waals surface area contributed by atoms with Gasteiger partial charge < -0.3 is 19.5 Å². The average molecular weight is 497 g/mol. The number of esters is 1. The maximum Gasteiger partial charge on any atom is 0.319 e. The number of hydrogen-bond donors (Lipinski definition) is 1. The molecule has 3 aromatic rings. The minimum atomic E-state index is -0.309. The molecule has 6 nitrogen and oxygen atoms in total. The lowest BCUT2D eigenvalue weighted by Crippen LogP contribution is -2.44. The summed E-state index contributed by atoms with van der Waals surface area (Å²) in [5, 5.41) is 3.61. The van der Waals surface area contributed by atoms with E-state index in [0.717, 1.165) is 26.9 Å². The second-order valence-corrected chi connectivity index (χ2v) is 8.37. The second-order valence-electron chi connectivity index (χ2n) is 7.45. The Morgan fingerprint density at radius 1 is 0.938 bits per heavy atom. The first-order valence-corrected chi connectivity index (χ1v) is 11.0. The van der Waals surface area contributed by atoms with Crippen LogP contribution in [0.1, 0.15) is 28.9 Å². The van der Waals surface area contributed by atoms with E-state index in [1.807, 2.05) is 42.5 Å². The molecular weight excluding hydrogens is 472 g/mol. The molecule has 1 aliphatic rings. The Kier molecular flexibility index (Phi) is 6.67. The molecular formula is C25H25BrN2O4. The highest BCUT2D eigenvalue weighted by molar-refractivity contribution is 9.10. The molecule has 1 aliphatic heterocycles. The third-order valence-corrected chi connectivity index (χ3v) is 6.13. The SMILES string of the molecule is COC(=O)CN1C(c2ccc(OC)c(OC)c2)Nc2ccc(Br)cc2C1c1ccccc1. The van der Waals surface area contributed by atoms with Gasteiger partial charge in [-0.25, -0.2) is 0 Å². The lowest BCUT2D eigenvalue weighted by Gasteiger charge is -2.44. The number of methoxy groups -OCH3 is 3. The van der Waals surface area contributed by atoms with Crippen LogP contribution in [0.3, 0.4) is 0 Å². The van der Waals surface area contributed by atoms with Crippen molar-refractivity contribution in [2.24, 2.45) is 0 Å². The molecule has 4 rings (SSSR count). The zero-order chi connectivity index (χ0) is 22.7. The van der Waals surface area contributed by atoms with E-state index < -0.39 is 0 Å². The van der Waals surface area contributed by atoms with Crippen LogP contribution in [0.2, 0.25) is 0 Å². The molecule has 0 saturated heterocycles. The number of fused-ring (bicyclic) bond motifs is 1. The van der Waals surface area contributed by atoms with Gasteiger partial charge >= 0.3 is 5.97 Å². The van der Waals surface area contributed by atoms with Crippen LogP contribution in [0.15, 0.2) is 71.2 Å². The molecule has 0 amide bonds. The molecule has 32 heavy (non-hydrogen) atoms. The summed E-state index contributed by atoms with van der Waals surface area (Å²) in [6.45, 7) is 0.105. The van der Waals surface area contributed by atoms with E-state index in [1.54, 1.807) is 14.2 Å². The smallest absolute Gasteiger partial charge is 0.319 e. The molecule has 0 bridgehead atoms. The first kappa shape index (κ1) is 22.2. The van der Waals surface area contributed by atoms with Gasteiger partial charge in [0.25, 0.3) is 0 Å². The Hall–Kier alpha value is -3.03. The highest BCUT2D eigenvalue weighted by Crippen LogP contribution is 2.45. The molecule has 1 N–H and O–H groups in total. The van der Waals surface area contributed by atoms with Crippen molar-refractivity contribution in [1.29, 1.82) is 0 Å². The summed E-state index contributed by atoms with van der Waals surface area (Å²) in [6, 6.07) is 22.0. The minimum Gasteiger partial charge on any atom is -0.493 e. The predicted octanol–water partition coefficient (Wildman–Crippen LogP) is 5.16. The Balaban J connectivity index is 1.89. The molecule has 2 unspecified atom stereocenters. The number of nitrogens with zero attached hydrogens (tertiary/aromatic N) is 1. The summed E-state index contributed by atoms with van der Waals surface area (Å²) in [5.41, 5.74) is 4.11. The fraction of sp³-hybridized carbons (Fsp3) is 0.240. The van der Waals surface area contributed by atoms with Crippen molar-refractivity contribution < 1.29 is 19.0 Å². The normalized spacial score (nSPS) is 17.8. The maximum absolute atomic E-state index is 12.5. The Bertz CT molecular complexity index is 1110. The molecule has 0 aliphatic carbocycles. The van der Waals surface area contributed by atoms with Crippen LogP contribution >= 0.6 is 15.9 Å².